The quantitative estimate of drug-likeness (QED) is 0.516. The average Bonchev–Trinajstić information content (AvgIpc) is 2.68. The number of amides is 2. The van der Waals surface area contributed by atoms with E-state index in [9.17, 15) is 9.59 Å². The van der Waals surface area contributed by atoms with Gasteiger partial charge in [0.1, 0.15) is 6.04 Å². The van der Waals surface area contributed by atoms with Gasteiger partial charge in [-0.25, -0.2) is 0 Å². The summed E-state index contributed by atoms with van der Waals surface area (Å²) >= 11 is 12.2. The first-order chi connectivity index (χ1) is 14.6. The monoisotopic (exact) mass is 462 g/mol. The average molecular weight is 463 g/mol. The number of hydrogen-bond donors (Lipinski definition) is 1. The number of rotatable bonds is 9. The smallest absolute Gasteiger partial charge is 0.242 e. The van der Waals surface area contributed by atoms with Crippen LogP contribution in [0.4, 0.5) is 0 Å². The number of aryl methyl sites for hydroxylation is 2. The molecule has 0 aliphatic heterocycles. The van der Waals surface area contributed by atoms with Gasteiger partial charge in [-0.2, -0.15) is 0 Å². The first kappa shape index (κ1) is 25.2. The minimum absolute atomic E-state index is 0.0948. The Morgan fingerprint density at radius 2 is 1.61 bits per heavy atom. The van der Waals surface area contributed by atoms with Crippen molar-refractivity contribution in [2.24, 2.45) is 5.92 Å². The molecule has 1 atom stereocenters. The summed E-state index contributed by atoms with van der Waals surface area (Å²) in [6.07, 6.45) is 0.752. The van der Waals surface area contributed by atoms with Crippen LogP contribution in [-0.4, -0.2) is 29.3 Å². The van der Waals surface area contributed by atoms with E-state index in [1.807, 2.05) is 52.8 Å². The highest BCUT2D eigenvalue weighted by atomic mass is 35.5. The number of benzene rings is 2. The number of nitrogens with zero attached hydrogens (tertiary/aromatic N) is 1. The zero-order valence-electron chi connectivity index (χ0n) is 19.0. The summed E-state index contributed by atoms with van der Waals surface area (Å²) in [6, 6.07) is 10.8. The maximum absolute atomic E-state index is 13.4. The van der Waals surface area contributed by atoms with Gasteiger partial charge in [0, 0.05) is 13.1 Å². The van der Waals surface area contributed by atoms with Crippen LogP contribution < -0.4 is 5.32 Å². The number of hydrogen-bond acceptors (Lipinski definition) is 2. The van der Waals surface area contributed by atoms with E-state index >= 15 is 0 Å². The minimum Gasteiger partial charge on any atom is -0.354 e. The molecule has 4 nitrogen and oxygen atoms in total. The van der Waals surface area contributed by atoms with E-state index in [-0.39, 0.29) is 24.8 Å². The SMILES string of the molecule is CC[C@H](C(=O)NCC(C)C)N(Cc1ccc(Cl)c(Cl)c1)C(=O)Cc1cc(C)cc(C)c1. The Morgan fingerprint density at radius 1 is 0.968 bits per heavy atom. The van der Waals surface area contributed by atoms with Gasteiger partial charge in [0.2, 0.25) is 11.8 Å². The van der Waals surface area contributed by atoms with Gasteiger partial charge in [0.15, 0.2) is 0 Å². The fourth-order valence-corrected chi connectivity index (χ4v) is 3.94. The Balaban J connectivity index is 2.33. The minimum atomic E-state index is -0.563. The lowest BCUT2D eigenvalue weighted by Crippen LogP contribution is -2.50. The van der Waals surface area contributed by atoms with Gasteiger partial charge in [0.25, 0.3) is 0 Å². The van der Waals surface area contributed by atoms with Crippen LogP contribution in [0.15, 0.2) is 36.4 Å². The molecule has 0 aliphatic rings. The molecule has 0 spiro atoms. The highest BCUT2D eigenvalue weighted by molar-refractivity contribution is 6.42. The van der Waals surface area contributed by atoms with Crippen molar-refractivity contribution >= 4 is 35.0 Å². The second-order valence-electron chi connectivity index (χ2n) is 8.51. The molecule has 0 heterocycles. The summed E-state index contributed by atoms with van der Waals surface area (Å²) in [4.78, 5) is 28.0. The molecule has 0 aliphatic carbocycles. The van der Waals surface area contributed by atoms with E-state index in [1.54, 1.807) is 17.0 Å². The molecule has 2 aromatic carbocycles. The van der Waals surface area contributed by atoms with Gasteiger partial charge in [-0.15, -0.1) is 0 Å². The van der Waals surface area contributed by atoms with Gasteiger partial charge in [-0.1, -0.05) is 79.4 Å². The fraction of sp³-hybridized carbons (Fsp3) is 0.440. The van der Waals surface area contributed by atoms with Crippen LogP contribution in [0.5, 0.6) is 0 Å². The third kappa shape index (κ3) is 7.55. The number of carbonyl (C=O) groups is 2. The fourth-order valence-electron chi connectivity index (χ4n) is 3.62. The molecule has 0 fully saturated rings. The molecule has 2 rings (SSSR count). The molecule has 0 saturated carbocycles. The normalized spacial score (nSPS) is 12.0. The van der Waals surface area contributed by atoms with Crippen LogP contribution in [0.1, 0.15) is 49.4 Å². The lowest BCUT2D eigenvalue weighted by Gasteiger charge is -2.31. The molecule has 1 N–H and O–H groups in total. The lowest BCUT2D eigenvalue weighted by molar-refractivity contribution is -0.141. The molecule has 2 aromatic rings. The second-order valence-corrected chi connectivity index (χ2v) is 9.32. The summed E-state index contributed by atoms with van der Waals surface area (Å²) in [5.41, 5.74) is 4.00. The van der Waals surface area contributed by atoms with Crippen LogP contribution in [0.3, 0.4) is 0 Å². The van der Waals surface area contributed by atoms with E-state index < -0.39 is 6.04 Å². The predicted molar refractivity (Wildman–Crippen MR) is 129 cm³/mol. The second kappa shape index (κ2) is 11.5. The molecular formula is C25H32Cl2N2O2. The van der Waals surface area contributed by atoms with E-state index in [0.29, 0.717) is 28.9 Å². The molecular weight excluding hydrogens is 431 g/mol. The van der Waals surface area contributed by atoms with Crippen molar-refractivity contribution in [2.75, 3.05) is 6.54 Å². The Morgan fingerprint density at radius 3 is 2.16 bits per heavy atom. The first-order valence-corrected chi connectivity index (χ1v) is 11.4. The number of halogens is 2. The van der Waals surface area contributed by atoms with E-state index in [0.717, 1.165) is 22.3 Å². The number of carbonyl (C=O) groups excluding carboxylic acids is 2. The molecule has 0 bridgehead atoms. The molecule has 31 heavy (non-hydrogen) atoms. The van der Waals surface area contributed by atoms with Gasteiger partial charge in [-0.05, 0) is 49.4 Å². The van der Waals surface area contributed by atoms with Gasteiger partial charge < -0.3 is 10.2 Å². The van der Waals surface area contributed by atoms with Crippen molar-refractivity contribution in [3.63, 3.8) is 0 Å². The Bertz CT molecular complexity index is 907. The maximum atomic E-state index is 13.4. The van der Waals surface area contributed by atoms with E-state index in [1.165, 1.54) is 0 Å². The van der Waals surface area contributed by atoms with Crippen molar-refractivity contribution in [3.8, 4) is 0 Å². The topological polar surface area (TPSA) is 49.4 Å². The van der Waals surface area contributed by atoms with Gasteiger partial charge in [-0.3, -0.25) is 9.59 Å². The van der Waals surface area contributed by atoms with Crippen LogP contribution in [0, 0.1) is 19.8 Å². The Hall–Kier alpha value is -2.04. The zero-order valence-corrected chi connectivity index (χ0v) is 20.5. The summed E-state index contributed by atoms with van der Waals surface area (Å²) in [6.45, 7) is 10.9. The molecule has 168 valence electrons. The van der Waals surface area contributed by atoms with Crippen molar-refractivity contribution in [3.05, 3.63) is 68.7 Å². The highest BCUT2D eigenvalue weighted by Gasteiger charge is 2.28. The third-order valence-electron chi connectivity index (χ3n) is 5.04. The molecule has 0 aromatic heterocycles. The van der Waals surface area contributed by atoms with Crippen LogP contribution in [0.2, 0.25) is 10.0 Å². The predicted octanol–water partition coefficient (Wildman–Crippen LogP) is 5.73. The van der Waals surface area contributed by atoms with Crippen LogP contribution >= 0.6 is 23.2 Å². The first-order valence-electron chi connectivity index (χ1n) is 10.7. The van der Waals surface area contributed by atoms with Gasteiger partial charge in [0.05, 0.1) is 16.5 Å². The zero-order chi connectivity index (χ0) is 23.1. The summed E-state index contributed by atoms with van der Waals surface area (Å²) in [5, 5.41) is 3.86. The third-order valence-corrected chi connectivity index (χ3v) is 5.78. The molecule has 0 unspecified atom stereocenters. The van der Waals surface area contributed by atoms with Crippen LogP contribution in [-0.2, 0) is 22.6 Å². The standard InChI is InChI=1S/C25H32Cl2N2O2/c1-6-23(25(31)28-14-16(2)3)29(15-19-7-8-21(26)22(27)12-19)24(30)13-20-10-17(4)9-18(5)11-20/h7-12,16,23H,6,13-15H2,1-5H3,(H,28,31)/t23-/m1/s1. The molecule has 0 radical (unpaired) electrons. The largest absolute Gasteiger partial charge is 0.354 e. The van der Waals surface area contributed by atoms with Crippen molar-refractivity contribution in [1.82, 2.24) is 10.2 Å². The van der Waals surface area contributed by atoms with E-state index in [2.05, 4.69) is 11.4 Å². The maximum Gasteiger partial charge on any atom is 0.242 e. The lowest BCUT2D eigenvalue weighted by atomic mass is 10.0. The Labute approximate surface area is 195 Å². The van der Waals surface area contributed by atoms with Crippen molar-refractivity contribution in [2.45, 2.75) is 60.0 Å². The highest BCUT2D eigenvalue weighted by Crippen LogP contribution is 2.24. The van der Waals surface area contributed by atoms with Crippen molar-refractivity contribution in [1.29, 1.82) is 0 Å². The molecule has 2 amide bonds. The molecule has 6 heteroatoms. The Kier molecular flexibility index (Phi) is 9.39. The number of nitrogens with one attached hydrogen (secondary N) is 1. The van der Waals surface area contributed by atoms with Crippen molar-refractivity contribution < 1.29 is 9.59 Å². The summed E-state index contributed by atoms with van der Waals surface area (Å²) < 4.78 is 0. The summed E-state index contributed by atoms with van der Waals surface area (Å²) in [5.74, 6) is 0.101. The van der Waals surface area contributed by atoms with E-state index in [4.69, 9.17) is 23.2 Å². The summed E-state index contributed by atoms with van der Waals surface area (Å²) in [7, 11) is 0. The molecule has 0 saturated heterocycles. The van der Waals surface area contributed by atoms with Crippen LogP contribution in [0.25, 0.3) is 0 Å². The van der Waals surface area contributed by atoms with Gasteiger partial charge >= 0.3 is 0 Å².